The maximum Gasteiger partial charge on any atom is 0.126 e. The van der Waals surface area contributed by atoms with E-state index in [-0.39, 0.29) is 11.9 Å². The van der Waals surface area contributed by atoms with E-state index in [1.165, 1.54) is 6.07 Å². The lowest BCUT2D eigenvalue weighted by atomic mass is 9.98. The van der Waals surface area contributed by atoms with Crippen molar-refractivity contribution in [2.45, 2.75) is 38.3 Å². The highest BCUT2D eigenvalue weighted by molar-refractivity contribution is 5.17. The normalized spacial score (nSPS) is 22.0. The van der Waals surface area contributed by atoms with Crippen LogP contribution in [0.5, 0.6) is 0 Å². The van der Waals surface area contributed by atoms with Gasteiger partial charge in [0.05, 0.1) is 5.69 Å². The molecule has 0 unspecified atom stereocenters. The summed E-state index contributed by atoms with van der Waals surface area (Å²) in [6, 6.07) is 9.40. The number of ether oxygens (including phenoxy) is 1. The summed E-state index contributed by atoms with van der Waals surface area (Å²) in [5, 5.41) is 7.84. The Balaban J connectivity index is 1.48. The molecule has 1 aliphatic heterocycles. The molecule has 0 amide bonds. The van der Waals surface area contributed by atoms with Crippen molar-refractivity contribution < 1.29 is 9.13 Å². The van der Waals surface area contributed by atoms with Gasteiger partial charge < -0.3 is 10.1 Å². The lowest BCUT2D eigenvalue weighted by Gasteiger charge is -2.22. The zero-order valence-electron chi connectivity index (χ0n) is 14.4. The molecule has 0 saturated carbocycles. The molecule has 0 aliphatic carbocycles. The highest BCUT2D eigenvalue weighted by atomic mass is 19.1. The Morgan fingerprint density at radius 3 is 2.96 bits per heavy atom. The fourth-order valence-corrected chi connectivity index (χ4v) is 3.36. The van der Waals surface area contributed by atoms with Gasteiger partial charge in [-0.05, 0) is 43.9 Å². The summed E-state index contributed by atoms with van der Waals surface area (Å²) >= 11 is 0. The van der Waals surface area contributed by atoms with Crippen molar-refractivity contribution in [1.29, 1.82) is 0 Å². The van der Waals surface area contributed by atoms with E-state index in [9.17, 15) is 4.39 Å². The molecule has 1 fully saturated rings. The van der Waals surface area contributed by atoms with Crippen LogP contribution in [0.25, 0.3) is 0 Å². The first-order valence-electron chi connectivity index (χ1n) is 8.71. The molecule has 5 heteroatoms. The lowest BCUT2D eigenvalue weighted by molar-refractivity contribution is 0.0832. The van der Waals surface area contributed by atoms with Gasteiger partial charge in [-0.3, -0.25) is 4.68 Å². The number of rotatable bonds is 7. The largest absolute Gasteiger partial charge is 0.372 e. The van der Waals surface area contributed by atoms with Gasteiger partial charge in [-0.1, -0.05) is 18.2 Å². The zero-order chi connectivity index (χ0) is 16.9. The minimum Gasteiger partial charge on any atom is -0.372 e. The number of nitrogens with zero attached hydrogens (tertiary/aromatic N) is 2. The minimum absolute atomic E-state index is 0.106. The molecule has 1 N–H and O–H groups in total. The molecule has 0 radical (unpaired) electrons. The van der Waals surface area contributed by atoms with E-state index < -0.39 is 0 Å². The molecule has 4 nitrogen and oxygen atoms in total. The number of halogens is 1. The molecule has 0 bridgehead atoms. The topological polar surface area (TPSA) is 39.1 Å². The van der Waals surface area contributed by atoms with Crippen molar-refractivity contribution in [2.24, 2.45) is 13.0 Å². The Morgan fingerprint density at radius 1 is 1.38 bits per heavy atom. The van der Waals surface area contributed by atoms with Crippen LogP contribution in [0.15, 0.2) is 36.5 Å². The third-order valence-corrected chi connectivity index (χ3v) is 4.90. The molecule has 3 atom stereocenters. The number of hydrogen-bond donors (Lipinski definition) is 1. The smallest absolute Gasteiger partial charge is 0.126 e. The van der Waals surface area contributed by atoms with E-state index in [4.69, 9.17) is 4.74 Å². The SMILES string of the molecule is C[C@@H](CCc1ccccc1F)NC[C@@H]1CCO[C@H]1c1ccnn1C. The maximum absolute atomic E-state index is 13.7. The van der Waals surface area contributed by atoms with Crippen molar-refractivity contribution in [3.63, 3.8) is 0 Å². The average molecular weight is 331 g/mol. The first-order valence-corrected chi connectivity index (χ1v) is 8.71. The van der Waals surface area contributed by atoms with Gasteiger partial charge in [0.1, 0.15) is 11.9 Å². The van der Waals surface area contributed by atoms with Gasteiger partial charge in [0.15, 0.2) is 0 Å². The molecule has 1 saturated heterocycles. The molecule has 130 valence electrons. The monoisotopic (exact) mass is 331 g/mol. The van der Waals surface area contributed by atoms with Gasteiger partial charge in [-0.15, -0.1) is 0 Å². The van der Waals surface area contributed by atoms with Crippen molar-refractivity contribution >= 4 is 0 Å². The van der Waals surface area contributed by atoms with Crippen molar-refractivity contribution in [3.8, 4) is 0 Å². The minimum atomic E-state index is -0.106. The molecular weight excluding hydrogens is 305 g/mol. The van der Waals surface area contributed by atoms with E-state index in [1.54, 1.807) is 6.07 Å². The van der Waals surface area contributed by atoms with Crippen molar-refractivity contribution in [2.75, 3.05) is 13.2 Å². The molecule has 1 aromatic heterocycles. The van der Waals surface area contributed by atoms with Crippen LogP contribution in [0.2, 0.25) is 0 Å². The highest BCUT2D eigenvalue weighted by Crippen LogP contribution is 2.33. The Labute approximate surface area is 143 Å². The summed E-state index contributed by atoms with van der Waals surface area (Å²) in [5.74, 6) is 0.349. The zero-order valence-corrected chi connectivity index (χ0v) is 14.4. The van der Waals surface area contributed by atoms with E-state index in [1.807, 2.05) is 36.1 Å². The van der Waals surface area contributed by atoms with Crippen LogP contribution in [0.4, 0.5) is 4.39 Å². The molecule has 0 spiro atoms. The van der Waals surface area contributed by atoms with Gasteiger partial charge >= 0.3 is 0 Å². The maximum atomic E-state index is 13.7. The molecule has 2 heterocycles. The summed E-state index contributed by atoms with van der Waals surface area (Å²) in [4.78, 5) is 0. The first kappa shape index (κ1) is 17.1. The third-order valence-electron chi connectivity index (χ3n) is 4.90. The van der Waals surface area contributed by atoms with E-state index >= 15 is 0 Å². The van der Waals surface area contributed by atoms with Gasteiger partial charge in [0.25, 0.3) is 0 Å². The first-order chi connectivity index (χ1) is 11.6. The quantitative estimate of drug-likeness (QED) is 0.846. The lowest BCUT2D eigenvalue weighted by Crippen LogP contribution is -2.33. The van der Waals surface area contributed by atoms with Crippen LogP contribution >= 0.6 is 0 Å². The molecular formula is C19H26FN3O. The van der Waals surface area contributed by atoms with Crippen molar-refractivity contribution in [1.82, 2.24) is 15.1 Å². The second-order valence-electron chi connectivity index (χ2n) is 6.66. The fraction of sp³-hybridized carbons (Fsp3) is 0.526. The summed E-state index contributed by atoms with van der Waals surface area (Å²) in [6.07, 6.45) is 4.67. The van der Waals surface area contributed by atoms with Crippen molar-refractivity contribution in [3.05, 3.63) is 53.6 Å². The molecule has 1 aliphatic rings. The summed E-state index contributed by atoms with van der Waals surface area (Å²) in [6.45, 7) is 3.87. The average Bonchev–Trinajstić information content (AvgIpc) is 3.20. The van der Waals surface area contributed by atoms with Crippen LogP contribution in [-0.2, 0) is 18.2 Å². The number of aromatic nitrogens is 2. The number of aryl methyl sites for hydroxylation is 2. The Bertz CT molecular complexity index is 658. The second kappa shape index (κ2) is 7.90. The third kappa shape index (κ3) is 4.02. The number of hydrogen-bond acceptors (Lipinski definition) is 3. The van der Waals surface area contributed by atoms with Gasteiger partial charge in [0.2, 0.25) is 0 Å². The standard InChI is InChI=1S/C19H26FN3O/c1-14(7-8-15-5-3-4-6-17(15)20)21-13-16-10-12-24-19(16)18-9-11-22-23(18)2/h3-6,9,11,14,16,19,21H,7-8,10,12-13H2,1-2H3/t14-,16-,19+/m0/s1. The van der Waals surface area contributed by atoms with Crippen LogP contribution in [0.3, 0.4) is 0 Å². The fourth-order valence-electron chi connectivity index (χ4n) is 3.36. The van der Waals surface area contributed by atoms with Crippen LogP contribution in [0.1, 0.15) is 37.1 Å². The molecule has 1 aromatic carbocycles. The molecule has 24 heavy (non-hydrogen) atoms. The van der Waals surface area contributed by atoms with Crippen LogP contribution in [-0.4, -0.2) is 29.0 Å². The van der Waals surface area contributed by atoms with Crippen LogP contribution < -0.4 is 5.32 Å². The summed E-state index contributed by atoms with van der Waals surface area (Å²) in [5.41, 5.74) is 1.93. The van der Waals surface area contributed by atoms with Gasteiger partial charge in [-0.2, -0.15) is 5.10 Å². The summed E-state index contributed by atoms with van der Waals surface area (Å²) in [7, 11) is 1.96. The molecule has 2 aromatic rings. The second-order valence-corrected chi connectivity index (χ2v) is 6.66. The van der Waals surface area contributed by atoms with E-state index in [0.717, 1.165) is 43.7 Å². The predicted molar refractivity (Wildman–Crippen MR) is 92.2 cm³/mol. The Kier molecular flexibility index (Phi) is 5.63. The predicted octanol–water partition coefficient (Wildman–Crippen LogP) is 3.25. The molecule has 3 rings (SSSR count). The van der Waals surface area contributed by atoms with E-state index in [0.29, 0.717) is 12.0 Å². The van der Waals surface area contributed by atoms with E-state index in [2.05, 4.69) is 17.3 Å². The summed E-state index contributed by atoms with van der Waals surface area (Å²) < 4.78 is 21.5. The Morgan fingerprint density at radius 2 is 2.21 bits per heavy atom. The van der Waals surface area contributed by atoms with Gasteiger partial charge in [0, 0.05) is 38.4 Å². The van der Waals surface area contributed by atoms with Crippen LogP contribution in [0, 0.1) is 11.7 Å². The number of nitrogens with one attached hydrogen (secondary N) is 1. The van der Waals surface area contributed by atoms with Gasteiger partial charge in [-0.25, -0.2) is 4.39 Å². The highest BCUT2D eigenvalue weighted by Gasteiger charge is 2.31. The Hall–Kier alpha value is -1.72. The number of benzene rings is 1.